The van der Waals surface area contributed by atoms with Gasteiger partial charge in [-0.3, -0.25) is 10.3 Å². The summed E-state index contributed by atoms with van der Waals surface area (Å²) in [4.78, 5) is 5.03. The molecule has 1 unspecified atom stereocenters. The molecule has 2 aliphatic heterocycles. The quantitative estimate of drug-likeness (QED) is 0.644. The Morgan fingerprint density at radius 3 is 2.85 bits per heavy atom. The van der Waals surface area contributed by atoms with E-state index in [4.69, 9.17) is 11.1 Å². The van der Waals surface area contributed by atoms with E-state index in [2.05, 4.69) is 31.8 Å². The maximum atomic E-state index is 7.85. The molecule has 5 heteroatoms. The van der Waals surface area contributed by atoms with E-state index in [0.717, 1.165) is 28.8 Å². The Labute approximate surface area is 128 Å². The number of nitrogen functional groups attached to an aromatic ring is 1. The van der Waals surface area contributed by atoms with Gasteiger partial charge in [0.1, 0.15) is 5.84 Å². The van der Waals surface area contributed by atoms with Gasteiger partial charge in [0.05, 0.1) is 5.56 Å². The lowest BCUT2D eigenvalue weighted by Gasteiger charge is -2.29. The molecule has 0 saturated carbocycles. The molecular weight excluding hydrogens is 316 g/mol. The summed E-state index contributed by atoms with van der Waals surface area (Å²) < 4.78 is 0.912. The summed E-state index contributed by atoms with van der Waals surface area (Å²) in [6, 6.07) is 6.74. The SMILES string of the molecule is N=C(N)c1c(Br)cccc1N1CCCN2CCCC2C1. The summed E-state index contributed by atoms with van der Waals surface area (Å²) in [6.07, 6.45) is 3.79. The molecule has 2 saturated heterocycles. The number of hydrogen-bond acceptors (Lipinski definition) is 3. The third-order valence-electron chi connectivity index (χ3n) is 4.41. The van der Waals surface area contributed by atoms with Gasteiger partial charge in [-0.2, -0.15) is 0 Å². The van der Waals surface area contributed by atoms with Crippen molar-refractivity contribution in [2.45, 2.75) is 25.3 Å². The summed E-state index contributed by atoms with van der Waals surface area (Å²) in [7, 11) is 0. The van der Waals surface area contributed by atoms with E-state index >= 15 is 0 Å². The minimum atomic E-state index is 0.139. The molecule has 2 heterocycles. The number of halogens is 1. The molecule has 0 amide bonds. The number of rotatable bonds is 2. The van der Waals surface area contributed by atoms with Crippen molar-refractivity contribution in [1.29, 1.82) is 5.41 Å². The van der Waals surface area contributed by atoms with Crippen molar-refractivity contribution in [3.8, 4) is 0 Å². The van der Waals surface area contributed by atoms with Crippen LogP contribution in [0.4, 0.5) is 5.69 Å². The topological polar surface area (TPSA) is 56.4 Å². The number of amidine groups is 1. The first-order valence-corrected chi connectivity index (χ1v) is 8.08. The van der Waals surface area contributed by atoms with Gasteiger partial charge in [-0.15, -0.1) is 0 Å². The maximum Gasteiger partial charge on any atom is 0.126 e. The zero-order valence-electron chi connectivity index (χ0n) is 11.6. The molecule has 3 N–H and O–H groups in total. The highest BCUT2D eigenvalue weighted by Crippen LogP contribution is 2.30. The Balaban J connectivity index is 1.92. The van der Waals surface area contributed by atoms with E-state index < -0.39 is 0 Å². The predicted molar refractivity (Wildman–Crippen MR) is 86.6 cm³/mol. The summed E-state index contributed by atoms with van der Waals surface area (Å²) in [5.41, 5.74) is 7.71. The summed E-state index contributed by atoms with van der Waals surface area (Å²) >= 11 is 3.53. The normalized spacial score (nSPS) is 23.4. The Morgan fingerprint density at radius 1 is 1.25 bits per heavy atom. The number of nitrogens with two attached hydrogens (primary N) is 1. The van der Waals surface area contributed by atoms with E-state index in [1.807, 2.05) is 12.1 Å². The van der Waals surface area contributed by atoms with Gasteiger partial charge < -0.3 is 10.6 Å². The molecule has 2 fully saturated rings. The summed E-state index contributed by atoms with van der Waals surface area (Å²) in [5.74, 6) is 0.139. The first-order valence-electron chi connectivity index (χ1n) is 7.28. The second-order valence-corrected chi connectivity index (χ2v) is 6.53. The highest BCUT2D eigenvalue weighted by Gasteiger charge is 2.29. The summed E-state index contributed by atoms with van der Waals surface area (Å²) in [5, 5.41) is 7.85. The third-order valence-corrected chi connectivity index (χ3v) is 5.07. The van der Waals surface area contributed by atoms with Gasteiger partial charge in [0.25, 0.3) is 0 Å². The molecule has 0 aromatic heterocycles. The van der Waals surface area contributed by atoms with Crippen LogP contribution in [0.5, 0.6) is 0 Å². The van der Waals surface area contributed by atoms with Gasteiger partial charge in [-0.05, 0) is 53.9 Å². The number of nitrogens with one attached hydrogen (secondary N) is 1. The molecule has 0 bridgehead atoms. The molecule has 1 atom stereocenters. The minimum Gasteiger partial charge on any atom is -0.384 e. The smallest absolute Gasteiger partial charge is 0.126 e. The van der Waals surface area contributed by atoms with Crippen molar-refractivity contribution < 1.29 is 0 Å². The molecule has 20 heavy (non-hydrogen) atoms. The molecule has 2 aliphatic rings. The second-order valence-electron chi connectivity index (χ2n) is 5.68. The van der Waals surface area contributed by atoms with Crippen LogP contribution >= 0.6 is 15.9 Å². The van der Waals surface area contributed by atoms with Crippen LogP contribution in [0.1, 0.15) is 24.8 Å². The lowest BCUT2D eigenvalue weighted by molar-refractivity contribution is 0.273. The van der Waals surface area contributed by atoms with Crippen LogP contribution in [0.15, 0.2) is 22.7 Å². The fourth-order valence-electron chi connectivity index (χ4n) is 3.47. The van der Waals surface area contributed by atoms with Gasteiger partial charge in [-0.1, -0.05) is 6.07 Å². The molecule has 1 aromatic carbocycles. The van der Waals surface area contributed by atoms with Crippen LogP contribution in [0.25, 0.3) is 0 Å². The Bertz CT molecular complexity index is 517. The molecule has 1 aromatic rings. The average molecular weight is 337 g/mol. The molecule has 108 valence electrons. The van der Waals surface area contributed by atoms with E-state index in [1.165, 1.54) is 32.4 Å². The van der Waals surface area contributed by atoms with Crippen LogP contribution in [-0.4, -0.2) is 43.0 Å². The Morgan fingerprint density at radius 2 is 2.05 bits per heavy atom. The first kappa shape index (κ1) is 13.9. The van der Waals surface area contributed by atoms with Gasteiger partial charge in [0, 0.05) is 35.8 Å². The lowest BCUT2D eigenvalue weighted by Crippen LogP contribution is -2.37. The fraction of sp³-hybridized carbons (Fsp3) is 0.533. The van der Waals surface area contributed by atoms with Crippen molar-refractivity contribution in [2.75, 3.05) is 31.1 Å². The Hall–Kier alpha value is -1.07. The number of hydrogen-bond donors (Lipinski definition) is 2. The van der Waals surface area contributed by atoms with Crippen molar-refractivity contribution in [3.63, 3.8) is 0 Å². The monoisotopic (exact) mass is 336 g/mol. The fourth-order valence-corrected chi connectivity index (χ4v) is 4.04. The predicted octanol–water partition coefficient (Wildman–Crippen LogP) is 2.41. The number of nitrogens with zero attached hydrogens (tertiary/aromatic N) is 2. The summed E-state index contributed by atoms with van der Waals surface area (Å²) in [6.45, 7) is 4.54. The van der Waals surface area contributed by atoms with E-state index in [0.29, 0.717) is 6.04 Å². The van der Waals surface area contributed by atoms with E-state index in [-0.39, 0.29) is 5.84 Å². The lowest BCUT2D eigenvalue weighted by atomic mass is 10.1. The van der Waals surface area contributed by atoms with Crippen molar-refractivity contribution in [2.24, 2.45) is 5.73 Å². The van der Waals surface area contributed by atoms with Gasteiger partial charge in [0.2, 0.25) is 0 Å². The molecule has 0 aliphatic carbocycles. The first-order chi connectivity index (χ1) is 9.66. The molecule has 3 rings (SSSR count). The highest BCUT2D eigenvalue weighted by molar-refractivity contribution is 9.10. The van der Waals surface area contributed by atoms with Gasteiger partial charge in [0.15, 0.2) is 0 Å². The van der Waals surface area contributed by atoms with Crippen LogP contribution in [0.2, 0.25) is 0 Å². The van der Waals surface area contributed by atoms with Crippen LogP contribution in [0.3, 0.4) is 0 Å². The molecule has 0 spiro atoms. The van der Waals surface area contributed by atoms with Crippen molar-refractivity contribution in [1.82, 2.24) is 4.90 Å². The van der Waals surface area contributed by atoms with Crippen LogP contribution in [-0.2, 0) is 0 Å². The standard InChI is InChI=1S/C15H21BrN4/c16-12-5-1-6-13(14(12)15(17)18)20-9-3-8-19-7-2-4-11(19)10-20/h1,5-6,11H,2-4,7-10H2,(H3,17,18). The maximum absolute atomic E-state index is 7.85. The third kappa shape index (κ3) is 2.56. The number of fused-ring (bicyclic) bond motifs is 1. The molecule has 4 nitrogen and oxygen atoms in total. The van der Waals surface area contributed by atoms with Crippen LogP contribution < -0.4 is 10.6 Å². The van der Waals surface area contributed by atoms with Crippen LogP contribution in [0, 0.1) is 5.41 Å². The van der Waals surface area contributed by atoms with Gasteiger partial charge >= 0.3 is 0 Å². The van der Waals surface area contributed by atoms with Crippen molar-refractivity contribution >= 4 is 27.5 Å². The van der Waals surface area contributed by atoms with E-state index in [1.54, 1.807) is 0 Å². The highest BCUT2D eigenvalue weighted by atomic mass is 79.9. The second kappa shape index (κ2) is 5.74. The minimum absolute atomic E-state index is 0.139. The molecule has 0 radical (unpaired) electrons. The van der Waals surface area contributed by atoms with E-state index in [9.17, 15) is 0 Å². The number of benzene rings is 1. The van der Waals surface area contributed by atoms with Gasteiger partial charge in [-0.25, -0.2) is 0 Å². The van der Waals surface area contributed by atoms with Crippen molar-refractivity contribution in [3.05, 3.63) is 28.2 Å². The zero-order valence-corrected chi connectivity index (χ0v) is 13.2. The molecular formula is C15H21BrN4. The largest absolute Gasteiger partial charge is 0.384 e. The average Bonchev–Trinajstić information content (AvgIpc) is 2.75. The zero-order chi connectivity index (χ0) is 14.1. The Kier molecular flexibility index (Phi) is 3.98. The number of anilines is 1.